The number of pyridine rings is 1. The summed E-state index contributed by atoms with van der Waals surface area (Å²) < 4.78 is 5.84. The van der Waals surface area contributed by atoms with E-state index in [1.165, 1.54) is 12.8 Å². The summed E-state index contributed by atoms with van der Waals surface area (Å²) >= 11 is 0. The maximum atomic E-state index is 6.30. The molecule has 2 aromatic heterocycles. The number of furan rings is 1. The molecule has 1 saturated heterocycles. The fourth-order valence-corrected chi connectivity index (χ4v) is 2.24. The molecule has 3 rings (SSSR count). The van der Waals surface area contributed by atoms with Crippen molar-refractivity contribution in [3.05, 3.63) is 24.6 Å². The summed E-state index contributed by atoms with van der Waals surface area (Å²) in [4.78, 5) is 4.34. The molecule has 0 radical (unpaired) electrons. The smallest absolute Gasteiger partial charge is 0.174 e. The molecule has 15 heavy (non-hydrogen) atoms. The summed E-state index contributed by atoms with van der Waals surface area (Å²) in [6, 6.07) is 3.87. The van der Waals surface area contributed by atoms with Crippen molar-refractivity contribution in [3.8, 4) is 0 Å². The molecule has 4 heteroatoms. The van der Waals surface area contributed by atoms with Crippen LogP contribution in [-0.4, -0.2) is 18.1 Å². The maximum Gasteiger partial charge on any atom is 0.174 e. The van der Waals surface area contributed by atoms with E-state index in [4.69, 9.17) is 10.3 Å². The molecule has 4 nitrogen and oxygen atoms in total. The molecule has 0 unspecified atom stereocenters. The minimum atomic E-state index is 0.504. The van der Waals surface area contributed by atoms with Crippen molar-refractivity contribution < 1.29 is 4.42 Å². The van der Waals surface area contributed by atoms with Crippen molar-refractivity contribution >= 4 is 16.8 Å². The molecule has 1 aliphatic rings. The number of hydrogen-bond acceptors (Lipinski definition) is 3. The van der Waals surface area contributed by atoms with Crippen LogP contribution in [0.1, 0.15) is 12.8 Å². The minimum Gasteiger partial charge on any atom is -0.462 e. The molecule has 0 aliphatic carbocycles. The first kappa shape index (κ1) is 8.88. The van der Waals surface area contributed by atoms with E-state index in [-0.39, 0.29) is 0 Å². The van der Waals surface area contributed by atoms with E-state index >= 15 is 0 Å². The number of aromatic nitrogens is 1. The molecule has 0 spiro atoms. The quantitative estimate of drug-likeness (QED) is 0.569. The molecule has 1 fully saturated rings. The second-order valence-corrected chi connectivity index (χ2v) is 4.19. The molecule has 2 N–H and O–H groups in total. The Morgan fingerprint density at radius 1 is 1.33 bits per heavy atom. The molecular formula is C11H14N3O+. The summed E-state index contributed by atoms with van der Waals surface area (Å²) in [5.41, 5.74) is 2.77. The van der Waals surface area contributed by atoms with Gasteiger partial charge in [0.1, 0.15) is 18.6 Å². The second-order valence-electron chi connectivity index (χ2n) is 4.19. The molecule has 0 aromatic carbocycles. The summed E-state index contributed by atoms with van der Waals surface area (Å²) in [6.07, 6.45) is 5.90. The van der Waals surface area contributed by atoms with Gasteiger partial charge in [-0.2, -0.15) is 5.84 Å². The zero-order valence-corrected chi connectivity index (χ0v) is 8.52. The molecule has 0 atom stereocenters. The second kappa shape index (κ2) is 3.05. The van der Waals surface area contributed by atoms with Crippen molar-refractivity contribution in [3.63, 3.8) is 0 Å². The van der Waals surface area contributed by atoms with E-state index in [1.54, 1.807) is 6.26 Å². The van der Waals surface area contributed by atoms with E-state index in [2.05, 4.69) is 4.98 Å². The summed E-state index contributed by atoms with van der Waals surface area (Å²) in [7, 11) is 0. The van der Waals surface area contributed by atoms with E-state index in [1.807, 2.05) is 18.3 Å². The molecule has 1 aliphatic heterocycles. The third-order valence-corrected chi connectivity index (χ3v) is 3.17. The van der Waals surface area contributed by atoms with Gasteiger partial charge in [-0.3, -0.25) is 0 Å². The topological polar surface area (TPSA) is 52.0 Å². The largest absolute Gasteiger partial charge is 0.462 e. The van der Waals surface area contributed by atoms with Gasteiger partial charge in [0.15, 0.2) is 11.3 Å². The lowest BCUT2D eigenvalue weighted by Gasteiger charge is -2.26. The third kappa shape index (κ3) is 1.33. The number of quaternary nitrogens is 1. The van der Waals surface area contributed by atoms with Gasteiger partial charge >= 0.3 is 0 Å². The summed E-state index contributed by atoms with van der Waals surface area (Å²) in [5, 5.41) is 0. The highest BCUT2D eigenvalue weighted by Crippen LogP contribution is 2.27. The van der Waals surface area contributed by atoms with Crippen LogP contribution >= 0.6 is 0 Å². The Labute approximate surface area is 87.9 Å². The van der Waals surface area contributed by atoms with Crippen LogP contribution in [0, 0.1) is 0 Å². The highest BCUT2D eigenvalue weighted by Gasteiger charge is 2.31. The number of nitrogens with zero attached hydrogens (tertiary/aromatic N) is 2. The number of rotatable bonds is 1. The first-order chi connectivity index (χ1) is 7.28. The Kier molecular flexibility index (Phi) is 1.81. The molecular weight excluding hydrogens is 190 g/mol. The lowest BCUT2D eigenvalue weighted by Crippen LogP contribution is -2.53. The first-order valence-electron chi connectivity index (χ1n) is 5.27. The molecule has 0 amide bonds. The van der Waals surface area contributed by atoms with Gasteiger partial charge in [-0.25, -0.2) is 9.58 Å². The molecule has 2 aromatic rings. The van der Waals surface area contributed by atoms with E-state index in [0.29, 0.717) is 4.59 Å². The predicted octanol–water partition coefficient (Wildman–Crippen LogP) is 1.80. The van der Waals surface area contributed by atoms with E-state index < -0.39 is 0 Å². The van der Waals surface area contributed by atoms with Gasteiger partial charge in [0.05, 0.1) is 12.5 Å². The highest BCUT2D eigenvalue weighted by molar-refractivity contribution is 5.75. The average Bonchev–Trinajstić information content (AvgIpc) is 2.85. The number of hydrogen-bond donors (Lipinski definition) is 1. The Morgan fingerprint density at radius 3 is 2.93 bits per heavy atom. The maximum absolute atomic E-state index is 6.30. The SMILES string of the molecule is N[N+]1(c2cnc3ccoc3c2)CCCC1. The van der Waals surface area contributed by atoms with Gasteiger partial charge in [0.2, 0.25) is 0 Å². The fraction of sp³-hybridized carbons (Fsp3) is 0.364. The van der Waals surface area contributed by atoms with Crippen molar-refractivity contribution in [2.24, 2.45) is 5.84 Å². The lowest BCUT2D eigenvalue weighted by molar-refractivity contribution is 0.346. The van der Waals surface area contributed by atoms with Gasteiger partial charge in [-0.15, -0.1) is 0 Å². The van der Waals surface area contributed by atoms with Crippen LogP contribution in [0.5, 0.6) is 0 Å². The van der Waals surface area contributed by atoms with Crippen molar-refractivity contribution in [2.45, 2.75) is 12.8 Å². The van der Waals surface area contributed by atoms with E-state index in [9.17, 15) is 0 Å². The van der Waals surface area contributed by atoms with Crippen LogP contribution in [0.4, 0.5) is 5.69 Å². The van der Waals surface area contributed by atoms with Crippen molar-refractivity contribution in [2.75, 3.05) is 13.1 Å². The Morgan fingerprint density at radius 2 is 2.13 bits per heavy atom. The Hall–Kier alpha value is -1.39. The summed E-state index contributed by atoms with van der Waals surface area (Å²) in [6.45, 7) is 1.99. The number of fused-ring (bicyclic) bond motifs is 1. The van der Waals surface area contributed by atoms with Crippen LogP contribution in [-0.2, 0) is 0 Å². The van der Waals surface area contributed by atoms with Crippen LogP contribution in [0.25, 0.3) is 11.1 Å². The molecule has 0 bridgehead atoms. The standard InChI is InChI=1S/C11H14N3O/c12-14(4-1-2-5-14)9-7-11-10(13-8-9)3-6-15-11/h3,6-8H,1-2,4-5,12H2/q+1. The molecule has 0 saturated carbocycles. The predicted molar refractivity (Wildman–Crippen MR) is 59.0 cm³/mol. The van der Waals surface area contributed by atoms with Crippen LogP contribution in [0.2, 0.25) is 0 Å². The average molecular weight is 204 g/mol. The molecule has 78 valence electrons. The lowest BCUT2D eigenvalue weighted by atomic mass is 10.3. The molecule has 3 heterocycles. The monoisotopic (exact) mass is 204 g/mol. The Balaban J connectivity index is 2.10. The van der Waals surface area contributed by atoms with Gasteiger partial charge in [-0.05, 0) is 0 Å². The van der Waals surface area contributed by atoms with Gasteiger partial charge in [-0.1, -0.05) is 0 Å². The normalized spacial score (nSPS) is 19.8. The van der Waals surface area contributed by atoms with Crippen LogP contribution in [0.3, 0.4) is 0 Å². The Bertz CT molecular complexity index is 485. The van der Waals surface area contributed by atoms with Crippen LogP contribution in [0.15, 0.2) is 29.0 Å². The zero-order valence-electron chi connectivity index (χ0n) is 8.52. The summed E-state index contributed by atoms with van der Waals surface area (Å²) in [5.74, 6) is 6.30. The van der Waals surface area contributed by atoms with Crippen molar-refractivity contribution in [1.82, 2.24) is 9.58 Å². The van der Waals surface area contributed by atoms with Crippen LogP contribution < -0.4 is 10.4 Å². The van der Waals surface area contributed by atoms with Gasteiger partial charge in [0.25, 0.3) is 0 Å². The zero-order chi connectivity index (χ0) is 10.3. The van der Waals surface area contributed by atoms with Gasteiger partial charge in [0, 0.05) is 25.0 Å². The van der Waals surface area contributed by atoms with Gasteiger partial charge < -0.3 is 4.42 Å². The highest BCUT2D eigenvalue weighted by atomic mass is 16.3. The fourth-order valence-electron chi connectivity index (χ4n) is 2.24. The third-order valence-electron chi connectivity index (χ3n) is 3.17. The first-order valence-corrected chi connectivity index (χ1v) is 5.27. The van der Waals surface area contributed by atoms with Crippen molar-refractivity contribution in [1.29, 1.82) is 0 Å². The number of nitrogens with two attached hydrogens (primary N) is 1. The minimum absolute atomic E-state index is 0.504. The van der Waals surface area contributed by atoms with E-state index in [0.717, 1.165) is 29.9 Å².